The van der Waals surface area contributed by atoms with Gasteiger partial charge in [0.05, 0.1) is 10.3 Å². The summed E-state index contributed by atoms with van der Waals surface area (Å²) in [5.74, 6) is 0.530. The fourth-order valence-corrected chi connectivity index (χ4v) is 3.98. The Labute approximate surface area is 122 Å². The summed E-state index contributed by atoms with van der Waals surface area (Å²) in [7, 11) is 0. The predicted octanol–water partition coefficient (Wildman–Crippen LogP) is 2.68. The van der Waals surface area contributed by atoms with Crippen molar-refractivity contribution in [3.05, 3.63) is 20.8 Å². The monoisotopic (exact) mass is 348 g/mol. The van der Waals surface area contributed by atoms with Crippen molar-refractivity contribution in [1.29, 1.82) is 0 Å². The molecular weight excluding hydrogens is 336 g/mol. The molecule has 98 valence electrons. The number of likely N-dealkylation sites (N-methyl/N-ethyl adjacent to an activating group) is 1. The van der Waals surface area contributed by atoms with Crippen LogP contribution in [0.5, 0.6) is 0 Å². The van der Waals surface area contributed by atoms with Crippen molar-refractivity contribution in [2.75, 3.05) is 12.3 Å². The van der Waals surface area contributed by atoms with E-state index in [-0.39, 0.29) is 17.2 Å². The van der Waals surface area contributed by atoms with Gasteiger partial charge >= 0.3 is 0 Å². The molecule has 2 heterocycles. The standard InChI is InChI=1S/C11H13BrN2O2S2/c1-2-14(5-7-3-4-9(12)18-7)10(15)8-6-17-11(16)13-8/h3-4,8H,2,5-6H2,1H3,(H,13,16)/t8-/m0/s1. The van der Waals surface area contributed by atoms with E-state index in [9.17, 15) is 9.59 Å². The number of rotatable bonds is 4. The third-order valence-electron chi connectivity index (χ3n) is 2.64. The smallest absolute Gasteiger partial charge is 0.279 e. The summed E-state index contributed by atoms with van der Waals surface area (Å²) in [5.41, 5.74) is 0. The van der Waals surface area contributed by atoms with Gasteiger partial charge in [0.15, 0.2) is 0 Å². The maximum absolute atomic E-state index is 12.2. The van der Waals surface area contributed by atoms with Crippen molar-refractivity contribution in [3.8, 4) is 0 Å². The Kier molecular flexibility index (Phi) is 4.69. The summed E-state index contributed by atoms with van der Waals surface area (Å²) >= 11 is 6.20. The van der Waals surface area contributed by atoms with E-state index in [0.29, 0.717) is 18.8 Å². The van der Waals surface area contributed by atoms with Crippen LogP contribution in [0.1, 0.15) is 11.8 Å². The fraction of sp³-hybridized carbons (Fsp3) is 0.455. The first-order valence-corrected chi connectivity index (χ1v) is 8.16. The highest BCUT2D eigenvalue weighted by molar-refractivity contribution is 9.11. The van der Waals surface area contributed by atoms with Gasteiger partial charge in [-0.1, -0.05) is 11.8 Å². The number of hydrogen-bond donors (Lipinski definition) is 1. The van der Waals surface area contributed by atoms with Gasteiger partial charge in [-0.3, -0.25) is 9.59 Å². The lowest BCUT2D eigenvalue weighted by Crippen LogP contribution is -2.45. The van der Waals surface area contributed by atoms with Crippen LogP contribution in [-0.4, -0.2) is 34.4 Å². The van der Waals surface area contributed by atoms with Crippen LogP contribution >= 0.6 is 39.0 Å². The highest BCUT2D eigenvalue weighted by atomic mass is 79.9. The number of carbonyl (C=O) groups excluding carboxylic acids is 2. The van der Waals surface area contributed by atoms with Gasteiger partial charge in [-0.05, 0) is 35.0 Å². The quantitative estimate of drug-likeness (QED) is 0.909. The molecular formula is C11H13BrN2O2S2. The molecule has 2 rings (SSSR count). The first kappa shape index (κ1) is 13.9. The maximum Gasteiger partial charge on any atom is 0.279 e. The number of amides is 2. The Hall–Kier alpha value is -0.530. The molecule has 0 bridgehead atoms. The van der Waals surface area contributed by atoms with E-state index < -0.39 is 0 Å². The Balaban J connectivity index is 1.99. The molecule has 0 unspecified atom stereocenters. The van der Waals surface area contributed by atoms with Gasteiger partial charge in [0.25, 0.3) is 5.24 Å². The Morgan fingerprint density at radius 2 is 2.39 bits per heavy atom. The van der Waals surface area contributed by atoms with Gasteiger partial charge in [-0.25, -0.2) is 0 Å². The average Bonchev–Trinajstić information content (AvgIpc) is 2.94. The van der Waals surface area contributed by atoms with Crippen molar-refractivity contribution in [2.24, 2.45) is 0 Å². The van der Waals surface area contributed by atoms with Gasteiger partial charge in [-0.2, -0.15) is 0 Å². The molecule has 0 spiro atoms. The molecule has 1 aromatic heterocycles. The number of thiophene rings is 1. The molecule has 1 N–H and O–H groups in total. The third kappa shape index (κ3) is 3.27. The molecule has 1 aliphatic rings. The molecule has 1 fully saturated rings. The lowest BCUT2D eigenvalue weighted by Gasteiger charge is -2.23. The van der Waals surface area contributed by atoms with Gasteiger partial charge in [-0.15, -0.1) is 11.3 Å². The molecule has 1 aliphatic heterocycles. The average molecular weight is 349 g/mol. The molecule has 0 radical (unpaired) electrons. The third-order valence-corrected chi connectivity index (χ3v) is 5.13. The van der Waals surface area contributed by atoms with Crippen LogP contribution in [0.2, 0.25) is 0 Å². The van der Waals surface area contributed by atoms with E-state index in [1.807, 2.05) is 19.1 Å². The summed E-state index contributed by atoms with van der Waals surface area (Å²) in [6, 6.07) is 3.61. The molecule has 0 saturated carbocycles. The highest BCUT2D eigenvalue weighted by Crippen LogP contribution is 2.24. The summed E-state index contributed by atoms with van der Waals surface area (Å²) in [6.45, 7) is 3.19. The highest BCUT2D eigenvalue weighted by Gasteiger charge is 2.31. The summed E-state index contributed by atoms with van der Waals surface area (Å²) in [4.78, 5) is 26.2. The normalized spacial score (nSPS) is 18.8. The summed E-state index contributed by atoms with van der Waals surface area (Å²) in [6.07, 6.45) is 0. The molecule has 4 nitrogen and oxygen atoms in total. The van der Waals surface area contributed by atoms with Gasteiger partial charge in [0, 0.05) is 17.2 Å². The van der Waals surface area contributed by atoms with Crippen LogP contribution in [0.4, 0.5) is 4.79 Å². The number of carbonyl (C=O) groups is 2. The van der Waals surface area contributed by atoms with Gasteiger partial charge in [0.1, 0.15) is 6.04 Å². The van der Waals surface area contributed by atoms with Crippen molar-refractivity contribution < 1.29 is 9.59 Å². The minimum atomic E-state index is -0.370. The first-order valence-electron chi connectivity index (χ1n) is 5.56. The van der Waals surface area contributed by atoms with Crippen LogP contribution in [0.25, 0.3) is 0 Å². The zero-order valence-electron chi connectivity index (χ0n) is 9.81. The lowest BCUT2D eigenvalue weighted by molar-refractivity contribution is -0.132. The SMILES string of the molecule is CCN(Cc1ccc(Br)s1)C(=O)[C@@H]1CSC(=O)N1. The Bertz CT molecular complexity index is 464. The van der Waals surface area contributed by atoms with Crippen molar-refractivity contribution in [3.63, 3.8) is 0 Å². The lowest BCUT2D eigenvalue weighted by atomic mass is 10.2. The van der Waals surface area contributed by atoms with Crippen LogP contribution in [0.3, 0.4) is 0 Å². The molecule has 0 aliphatic carbocycles. The van der Waals surface area contributed by atoms with E-state index >= 15 is 0 Å². The van der Waals surface area contributed by atoms with Gasteiger partial charge < -0.3 is 10.2 Å². The Morgan fingerprint density at radius 3 is 2.89 bits per heavy atom. The topological polar surface area (TPSA) is 49.4 Å². The maximum atomic E-state index is 12.2. The van der Waals surface area contributed by atoms with Crippen LogP contribution in [-0.2, 0) is 11.3 Å². The van der Waals surface area contributed by atoms with Crippen LogP contribution in [0.15, 0.2) is 15.9 Å². The summed E-state index contributed by atoms with van der Waals surface area (Å²) < 4.78 is 1.06. The molecule has 1 aromatic rings. The largest absolute Gasteiger partial charge is 0.336 e. The van der Waals surface area contributed by atoms with E-state index in [0.717, 1.165) is 8.66 Å². The summed E-state index contributed by atoms with van der Waals surface area (Å²) in [5, 5.41) is 2.58. The first-order chi connectivity index (χ1) is 8.60. The van der Waals surface area contributed by atoms with E-state index in [4.69, 9.17) is 0 Å². The number of thioether (sulfide) groups is 1. The minimum absolute atomic E-state index is 0.000345. The van der Waals surface area contributed by atoms with E-state index in [1.165, 1.54) is 11.8 Å². The van der Waals surface area contributed by atoms with E-state index in [2.05, 4.69) is 21.2 Å². The van der Waals surface area contributed by atoms with Crippen LogP contribution in [0, 0.1) is 0 Å². The second kappa shape index (κ2) is 6.08. The second-order valence-corrected chi connectivity index (χ2v) is 7.39. The number of halogens is 1. The number of hydrogen-bond acceptors (Lipinski definition) is 4. The number of nitrogens with zero attached hydrogens (tertiary/aromatic N) is 1. The molecule has 1 saturated heterocycles. The zero-order valence-corrected chi connectivity index (χ0v) is 13.0. The zero-order chi connectivity index (χ0) is 13.1. The van der Waals surface area contributed by atoms with Crippen LogP contribution < -0.4 is 5.32 Å². The van der Waals surface area contributed by atoms with Crippen molar-refractivity contribution in [1.82, 2.24) is 10.2 Å². The molecule has 1 atom stereocenters. The number of nitrogens with one attached hydrogen (secondary N) is 1. The second-order valence-electron chi connectivity index (χ2n) is 3.85. The van der Waals surface area contributed by atoms with Crippen molar-refractivity contribution in [2.45, 2.75) is 19.5 Å². The van der Waals surface area contributed by atoms with E-state index in [1.54, 1.807) is 16.2 Å². The predicted molar refractivity (Wildman–Crippen MR) is 77.9 cm³/mol. The molecule has 7 heteroatoms. The Morgan fingerprint density at radius 1 is 1.61 bits per heavy atom. The molecule has 18 heavy (non-hydrogen) atoms. The molecule has 0 aromatic carbocycles. The minimum Gasteiger partial charge on any atom is -0.336 e. The van der Waals surface area contributed by atoms with Crippen molar-refractivity contribution >= 4 is 50.2 Å². The van der Waals surface area contributed by atoms with Gasteiger partial charge in [0.2, 0.25) is 5.91 Å². The fourth-order valence-electron chi connectivity index (χ4n) is 1.71. The molecule has 2 amide bonds.